The summed E-state index contributed by atoms with van der Waals surface area (Å²) in [5, 5.41) is -0.0101. The number of ether oxygens (including phenoxy) is 1. The van der Waals surface area contributed by atoms with Crippen LogP contribution in [0.2, 0.25) is 0 Å². The van der Waals surface area contributed by atoms with E-state index in [0.29, 0.717) is 19.7 Å². The highest BCUT2D eigenvalue weighted by atomic mass is 32.2. The molecule has 4 heteroatoms. The molecule has 1 heterocycles. The van der Waals surface area contributed by atoms with Crippen LogP contribution in [0.25, 0.3) is 0 Å². The first-order valence-corrected chi connectivity index (χ1v) is 8.11. The molecule has 1 unspecified atom stereocenters. The number of thioether (sulfide) groups is 1. The Morgan fingerprint density at radius 2 is 2.10 bits per heavy atom. The average molecular weight is 293 g/mol. The van der Waals surface area contributed by atoms with Crippen molar-refractivity contribution in [3.8, 4) is 0 Å². The first-order valence-electron chi connectivity index (χ1n) is 7.06. The summed E-state index contributed by atoms with van der Waals surface area (Å²) in [6.45, 7) is 8.09. The monoisotopic (exact) mass is 293 g/mol. The van der Waals surface area contributed by atoms with Crippen molar-refractivity contribution in [3.63, 3.8) is 0 Å². The molecule has 3 nitrogen and oxygen atoms in total. The Morgan fingerprint density at radius 3 is 2.75 bits per heavy atom. The third kappa shape index (κ3) is 4.25. The standard InChI is InChI=1S/C16H23NO2S/c1-13(20-11-14-7-5-4-6-8-14)15(18)17-9-10-19-16(2,3)12-17/h4-8,13H,9-12H2,1-3H3. The average Bonchev–Trinajstić information content (AvgIpc) is 2.44. The molecule has 1 aliphatic rings. The van der Waals surface area contributed by atoms with E-state index < -0.39 is 0 Å². The summed E-state index contributed by atoms with van der Waals surface area (Å²) in [6.07, 6.45) is 0. The third-order valence-electron chi connectivity index (χ3n) is 3.43. The highest BCUT2D eigenvalue weighted by Crippen LogP contribution is 2.22. The summed E-state index contributed by atoms with van der Waals surface area (Å²) >= 11 is 1.70. The van der Waals surface area contributed by atoms with Crippen LogP contribution in [-0.2, 0) is 15.3 Å². The predicted octanol–water partition coefficient (Wildman–Crippen LogP) is 2.95. The minimum atomic E-state index is -0.224. The quantitative estimate of drug-likeness (QED) is 0.855. The summed E-state index contributed by atoms with van der Waals surface area (Å²) in [5.74, 6) is 1.10. The van der Waals surface area contributed by atoms with E-state index in [1.807, 2.05) is 43.9 Å². The molecule has 0 aliphatic carbocycles. The molecular weight excluding hydrogens is 270 g/mol. The van der Waals surface area contributed by atoms with Gasteiger partial charge in [-0.05, 0) is 26.3 Å². The summed E-state index contributed by atoms with van der Waals surface area (Å²) in [4.78, 5) is 14.4. The molecule has 1 fully saturated rings. The van der Waals surface area contributed by atoms with Gasteiger partial charge in [0.25, 0.3) is 0 Å². The molecule has 2 rings (SSSR count). The van der Waals surface area contributed by atoms with Gasteiger partial charge in [0, 0.05) is 18.8 Å². The van der Waals surface area contributed by atoms with E-state index in [-0.39, 0.29) is 16.8 Å². The Balaban J connectivity index is 1.85. The van der Waals surface area contributed by atoms with E-state index in [1.165, 1.54) is 5.56 Å². The number of amides is 1. The number of carbonyl (C=O) groups is 1. The van der Waals surface area contributed by atoms with E-state index >= 15 is 0 Å². The van der Waals surface area contributed by atoms with Gasteiger partial charge < -0.3 is 9.64 Å². The maximum atomic E-state index is 12.5. The van der Waals surface area contributed by atoms with Gasteiger partial charge in [-0.1, -0.05) is 30.3 Å². The van der Waals surface area contributed by atoms with E-state index in [1.54, 1.807) is 11.8 Å². The van der Waals surface area contributed by atoms with Crippen molar-refractivity contribution in [2.45, 2.75) is 37.4 Å². The van der Waals surface area contributed by atoms with Crippen LogP contribution in [0, 0.1) is 0 Å². The zero-order valence-corrected chi connectivity index (χ0v) is 13.3. The largest absolute Gasteiger partial charge is 0.372 e. The van der Waals surface area contributed by atoms with Gasteiger partial charge in [0.2, 0.25) is 5.91 Å². The van der Waals surface area contributed by atoms with Crippen LogP contribution in [0.3, 0.4) is 0 Å². The Labute approximate surface area is 125 Å². The van der Waals surface area contributed by atoms with Gasteiger partial charge in [0.15, 0.2) is 0 Å². The number of hydrogen-bond donors (Lipinski definition) is 0. The summed E-state index contributed by atoms with van der Waals surface area (Å²) in [6, 6.07) is 10.3. The van der Waals surface area contributed by atoms with Crippen molar-refractivity contribution >= 4 is 17.7 Å². The van der Waals surface area contributed by atoms with Crippen LogP contribution in [0.5, 0.6) is 0 Å². The van der Waals surface area contributed by atoms with E-state index in [2.05, 4.69) is 12.1 Å². The van der Waals surface area contributed by atoms with Gasteiger partial charge in [0.05, 0.1) is 17.5 Å². The molecule has 0 aromatic heterocycles. The lowest BCUT2D eigenvalue weighted by Gasteiger charge is -2.39. The number of rotatable bonds is 4. The smallest absolute Gasteiger partial charge is 0.235 e. The highest BCUT2D eigenvalue weighted by Gasteiger charge is 2.31. The lowest BCUT2D eigenvalue weighted by atomic mass is 10.1. The molecule has 0 bridgehead atoms. The number of morpholine rings is 1. The Hall–Kier alpha value is -1.00. The predicted molar refractivity (Wildman–Crippen MR) is 83.8 cm³/mol. The number of hydrogen-bond acceptors (Lipinski definition) is 3. The first-order chi connectivity index (χ1) is 9.48. The molecule has 1 amide bonds. The Kier molecular flexibility index (Phi) is 5.11. The maximum Gasteiger partial charge on any atom is 0.235 e. The fourth-order valence-corrected chi connectivity index (χ4v) is 3.25. The molecule has 0 N–H and O–H groups in total. The van der Waals surface area contributed by atoms with Crippen LogP contribution in [0.4, 0.5) is 0 Å². The number of benzene rings is 1. The molecule has 0 spiro atoms. The van der Waals surface area contributed by atoms with E-state index in [0.717, 1.165) is 5.75 Å². The van der Waals surface area contributed by atoms with Crippen LogP contribution in [-0.4, -0.2) is 41.4 Å². The molecule has 0 saturated carbocycles. The van der Waals surface area contributed by atoms with Gasteiger partial charge in [-0.2, -0.15) is 0 Å². The molecule has 110 valence electrons. The van der Waals surface area contributed by atoms with Gasteiger partial charge in [-0.3, -0.25) is 4.79 Å². The third-order valence-corrected chi connectivity index (χ3v) is 4.63. The minimum absolute atomic E-state index is 0.0101. The zero-order chi connectivity index (χ0) is 14.6. The van der Waals surface area contributed by atoms with E-state index in [4.69, 9.17) is 4.74 Å². The minimum Gasteiger partial charge on any atom is -0.372 e. The first kappa shape index (κ1) is 15.4. The van der Waals surface area contributed by atoms with Gasteiger partial charge in [-0.15, -0.1) is 11.8 Å². The van der Waals surface area contributed by atoms with Gasteiger partial charge in [0.1, 0.15) is 0 Å². The molecular formula is C16H23NO2S. The van der Waals surface area contributed by atoms with Crippen LogP contribution in [0.1, 0.15) is 26.3 Å². The van der Waals surface area contributed by atoms with Gasteiger partial charge >= 0.3 is 0 Å². The topological polar surface area (TPSA) is 29.5 Å². The van der Waals surface area contributed by atoms with Crippen LogP contribution >= 0.6 is 11.8 Å². The summed E-state index contributed by atoms with van der Waals surface area (Å²) < 4.78 is 5.65. The molecule has 1 aliphatic heterocycles. The summed E-state index contributed by atoms with van der Waals surface area (Å²) in [5.41, 5.74) is 1.04. The maximum absolute atomic E-state index is 12.5. The van der Waals surface area contributed by atoms with Crippen molar-refractivity contribution in [2.75, 3.05) is 19.7 Å². The normalized spacial score (nSPS) is 19.6. The van der Waals surface area contributed by atoms with Crippen LogP contribution in [0.15, 0.2) is 30.3 Å². The molecule has 1 atom stereocenters. The zero-order valence-electron chi connectivity index (χ0n) is 12.5. The Bertz CT molecular complexity index is 447. The Morgan fingerprint density at radius 1 is 1.40 bits per heavy atom. The highest BCUT2D eigenvalue weighted by molar-refractivity contribution is 7.99. The lowest BCUT2D eigenvalue weighted by Crippen LogP contribution is -2.52. The fraction of sp³-hybridized carbons (Fsp3) is 0.562. The second-order valence-electron chi connectivity index (χ2n) is 5.81. The molecule has 1 aromatic carbocycles. The van der Waals surface area contributed by atoms with Crippen LogP contribution < -0.4 is 0 Å². The van der Waals surface area contributed by atoms with Gasteiger partial charge in [-0.25, -0.2) is 0 Å². The second kappa shape index (κ2) is 6.64. The van der Waals surface area contributed by atoms with Crippen molar-refractivity contribution < 1.29 is 9.53 Å². The lowest BCUT2D eigenvalue weighted by molar-refractivity contribution is -0.145. The molecule has 1 saturated heterocycles. The van der Waals surface area contributed by atoms with Crippen molar-refractivity contribution in [1.82, 2.24) is 4.90 Å². The van der Waals surface area contributed by atoms with E-state index in [9.17, 15) is 4.79 Å². The molecule has 1 aromatic rings. The van der Waals surface area contributed by atoms with Crippen molar-refractivity contribution in [3.05, 3.63) is 35.9 Å². The molecule has 20 heavy (non-hydrogen) atoms. The SMILES string of the molecule is CC(SCc1ccccc1)C(=O)N1CCOC(C)(C)C1. The van der Waals surface area contributed by atoms with Crippen molar-refractivity contribution in [1.29, 1.82) is 0 Å². The summed E-state index contributed by atoms with van der Waals surface area (Å²) in [7, 11) is 0. The number of nitrogens with zero attached hydrogens (tertiary/aromatic N) is 1. The second-order valence-corrected chi connectivity index (χ2v) is 7.14. The molecule has 0 radical (unpaired) electrons. The van der Waals surface area contributed by atoms with Crippen molar-refractivity contribution in [2.24, 2.45) is 0 Å². The fourth-order valence-electron chi connectivity index (χ4n) is 2.33. The number of carbonyl (C=O) groups excluding carboxylic acids is 1.